The number of ether oxygens (including phenoxy) is 1. The van der Waals surface area contributed by atoms with Crippen LogP contribution in [-0.4, -0.2) is 83.8 Å². The van der Waals surface area contributed by atoms with E-state index in [1.807, 2.05) is 25.1 Å². The molecule has 0 spiro atoms. The number of nitrogens with one attached hydrogen (secondary N) is 1. The van der Waals surface area contributed by atoms with Gasteiger partial charge >= 0.3 is 0 Å². The first-order valence-corrected chi connectivity index (χ1v) is 11.6. The molecule has 2 rings (SSSR count). The van der Waals surface area contributed by atoms with Gasteiger partial charge in [-0.15, -0.1) is 0 Å². The summed E-state index contributed by atoms with van der Waals surface area (Å²) >= 11 is 6.09. The van der Waals surface area contributed by atoms with E-state index in [0.717, 1.165) is 49.4 Å². The van der Waals surface area contributed by atoms with Gasteiger partial charge in [-0.1, -0.05) is 17.7 Å². The Kier molecular flexibility index (Phi) is 8.66. The Hall–Kier alpha value is -1.51. The minimum Gasteiger partial charge on any atom is -0.378 e. The third-order valence-corrected chi connectivity index (χ3v) is 5.33. The molecule has 0 unspecified atom stereocenters. The first kappa shape index (κ1) is 21.8. The molecule has 1 saturated heterocycles. The largest absolute Gasteiger partial charge is 0.378 e. The second kappa shape index (κ2) is 10.7. The fourth-order valence-electron chi connectivity index (χ4n) is 2.80. The molecule has 9 heteroatoms. The molecule has 1 heterocycles. The quantitative estimate of drug-likeness (QED) is 0.393. The zero-order valence-corrected chi connectivity index (χ0v) is 17.6. The van der Waals surface area contributed by atoms with Gasteiger partial charge in [0.25, 0.3) is 0 Å². The van der Waals surface area contributed by atoms with Gasteiger partial charge < -0.3 is 19.9 Å². The number of rotatable bonds is 8. The van der Waals surface area contributed by atoms with Gasteiger partial charge in [-0.05, 0) is 25.1 Å². The molecule has 0 atom stereocenters. The fraction of sp³-hybridized carbons (Fsp3) is 0.611. The third kappa shape index (κ3) is 7.94. The summed E-state index contributed by atoms with van der Waals surface area (Å²) in [5.74, 6) is 0.914. The van der Waals surface area contributed by atoms with Crippen LogP contribution in [0.1, 0.15) is 6.92 Å². The highest BCUT2D eigenvalue weighted by Crippen LogP contribution is 2.20. The van der Waals surface area contributed by atoms with E-state index in [-0.39, 0.29) is 12.4 Å². The Balaban J connectivity index is 1.81. The number of hydrogen-bond acceptors (Lipinski definition) is 5. The fourth-order valence-corrected chi connectivity index (χ4v) is 3.41. The maximum Gasteiger partial charge on any atom is 0.194 e. The number of aliphatic imine (C=N–C) groups is 1. The van der Waals surface area contributed by atoms with Gasteiger partial charge in [0.2, 0.25) is 0 Å². The van der Waals surface area contributed by atoms with Crippen molar-refractivity contribution in [2.45, 2.75) is 6.92 Å². The van der Waals surface area contributed by atoms with Crippen LogP contribution in [0.25, 0.3) is 0 Å². The molecular formula is C18H29ClN4O3S. The van der Waals surface area contributed by atoms with Gasteiger partial charge in [0.1, 0.15) is 9.84 Å². The van der Waals surface area contributed by atoms with Crippen molar-refractivity contribution < 1.29 is 13.2 Å². The lowest BCUT2D eigenvalue weighted by Crippen LogP contribution is -2.52. The van der Waals surface area contributed by atoms with Crippen molar-refractivity contribution in [2.24, 2.45) is 4.99 Å². The van der Waals surface area contributed by atoms with E-state index in [1.54, 1.807) is 0 Å². The van der Waals surface area contributed by atoms with Crippen LogP contribution in [0.5, 0.6) is 0 Å². The molecule has 1 aliphatic heterocycles. The molecule has 7 nitrogen and oxygen atoms in total. The predicted molar refractivity (Wildman–Crippen MR) is 112 cm³/mol. The number of piperazine rings is 1. The molecule has 0 saturated carbocycles. The highest BCUT2D eigenvalue weighted by atomic mass is 35.5. The van der Waals surface area contributed by atoms with Gasteiger partial charge in [-0.2, -0.15) is 0 Å². The van der Waals surface area contributed by atoms with Crippen molar-refractivity contribution >= 4 is 33.1 Å². The molecule has 1 N–H and O–H groups in total. The Labute approximate surface area is 167 Å². The smallest absolute Gasteiger partial charge is 0.194 e. The molecule has 152 valence electrons. The molecule has 0 aromatic heterocycles. The lowest BCUT2D eigenvalue weighted by atomic mass is 10.2. The van der Waals surface area contributed by atoms with Gasteiger partial charge in [-0.25, -0.2) is 8.42 Å². The molecule has 0 amide bonds. The summed E-state index contributed by atoms with van der Waals surface area (Å²) < 4.78 is 27.5. The molecule has 1 aromatic carbocycles. The third-order valence-electron chi connectivity index (χ3n) is 4.18. The molecule has 1 fully saturated rings. The molecule has 1 aliphatic rings. The zero-order chi connectivity index (χ0) is 19.7. The van der Waals surface area contributed by atoms with Crippen molar-refractivity contribution in [3.63, 3.8) is 0 Å². The minimum atomic E-state index is -2.98. The van der Waals surface area contributed by atoms with Crippen LogP contribution in [0.4, 0.5) is 5.69 Å². The van der Waals surface area contributed by atoms with Crippen LogP contribution in [0.15, 0.2) is 29.3 Å². The summed E-state index contributed by atoms with van der Waals surface area (Å²) in [6, 6.07) is 7.92. The van der Waals surface area contributed by atoms with Crippen LogP contribution >= 0.6 is 11.6 Å². The highest BCUT2D eigenvalue weighted by molar-refractivity contribution is 7.90. The SMILES string of the molecule is CCNC(=NCCOCCS(C)(=O)=O)N1CCN(c2cccc(Cl)c2)CC1. The average molecular weight is 417 g/mol. The van der Waals surface area contributed by atoms with E-state index < -0.39 is 9.84 Å². The van der Waals surface area contributed by atoms with E-state index in [4.69, 9.17) is 16.3 Å². The number of sulfone groups is 1. The summed E-state index contributed by atoms with van der Waals surface area (Å²) in [7, 11) is -2.98. The van der Waals surface area contributed by atoms with Crippen molar-refractivity contribution in [3.05, 3.63) is 29.3 Å². The molecule has 0 bridgehead atoms. The summed E-state index contributed by atoms with van der Waals surface area (Å²) in [6.07, 6.45) is 1.21. The summed E-state index contributed by atoms with van der Waals surface area (Å²) in [4.78, 5) is 9.16. The van der Waals surface area contributed by atoms with E-state index in [1.165, 1.54) is 6.26 Å². The number of benzene rings is 1. The van der Waals surface area contributed by atoms with Gasteiger partial charge in [0.15, 0.2) is 5.96 Å². The monoisotopic (exact) mass is 416 g/mol. The Bertz CT molecular complexity index is 719. The molecular weight excluding hydrogens is 388 g/mol. The summed E-state index contributed by atoms with van der Waals surface area (Å²) in [5.41, 5.74) is 1.14. The molecule has 0 radical (unpaired) electrons. The normalized spacial score (nSPS) is 15.9. The van der Waals surface area contributed by atoms with Crippen molar-refractivity contribution in [3.8, 4) is 0 Å². The van der Waals surface area contributed by atoms with Gasteiger partial charge in [0.05, 0.1) is 25.5 Å². The van der Waals surface area contributed by atoms with Gasteiger partial charge in [0, 0.05) is 49.7 Å². The standard InChI is InChI=1S/C18H29ClN4O3S/c1-3-20-18(21-7-12-26-13-14-27(2,24)25)23-10-8-22(9-11-23)17-6-4-5-16(19)15-17/h4-6,15H,3,7-14H2,1-2H3,(H,20,21). The van der Waals surface area contributed by atoms with Crippen LogP contribution in [0.2, 0.25) is 5.02 Å². The van der Waals surface area contributed by atoms with Gasteiger partial charge in [-0.3, -0.25) is 4.99 Å². The van der Waals surface area contributed by atoms with Crippen molar-refractivity contribution in [1.82, 2.24) is 10.2 Å². The first-order valence-electron chi connectivity index (χ1n) is 9.18. The second-order valence-corrected chi connectivity index (χ2v) is 9.13. The number of halogens is 1. The van der Waals surface area contributed by atoms with E-state index in [9.17, 15) is 8.42 Å². The lowest BCUT2D eigenvalue weighted by molar-refractivity contribution is 0.157. The van der Waals surface area contributed by atoms with Crippen LogP contribution in [-0.2, 0) is 14.6 Å². The Morgan fingerprint density at radius 1 is 1.26 bits per heavy atom. The maximum absolute atomic E-state index is 11.1. The Morgan fingerprint density at radius 3 is 2.63 bits per heavy atom. The number of guanidine groups is 1. The number of anilines is 1. The molecule has 1 aromatic rings. The van der Waals surface area contributed by atoms with E-state index in [0.29, 0.717) is 13.2 Å². The predicted octanol–water partition coefficient (Wildman–Crippen LogP) is 1.49. The zero-order valence-electron chi connectivity index (χ0n) is 16.0. The van der Waals surface area contributed by atoms with E-state index in [2.05, 4.69) is 26.2 Å². The number of hydrogen-bond donors (Lipinski definition) is 1. The van der Waals surface area contributed by atoms with Crippen molar-refractivity contribution in [2.75, 3.05) is 69.4 Å². The Morgan fingerprint density at radius 2 is 2.00 bits per heavy atom. The molecule has 27 heavy (non-hydrogen) atoms. The van der Waals surface area contributed by atoms with Crippen LogP contribution < -0.4 is 10.2 Å². The highest BCUT2D eigenvalue weighted by Gasteiger charge is 2.19. The van der Waals surface area contributed by atoms with Crippen LogP contribution in [0, 0.1) is 0 Å². The minimum absolute atomic E-state index is 0.0439. The maximum atomic E-state index is 11.1. The average Bonchev–Trinajstić information content (AvgIpc) is 2.63. The van der Waals surface area contributed by atoms with Crippen LogP contribution in [0.3, 0.4) is 0 Å². The second-order valence-electron chi connectivity index (χ2n) is 6.43. The number of nitrogens with zero attached hydrogens (tertiary/aromatic N) is 3. The topological polar surface area (TPSA) is 74.2 Å². The summed E-state index contributed by atoms with van der Waals surface area (Å²) in [6.45, 7) is 7.49. The van der Waals surface area contributed by atoms with E-state index >= 15 is 0 Å². The van der Waals surface area contributed by atoms with Crippen molar-refractivity contribution in [1.29, 1.82) is 0 Å². The summed E-state index contributed by atoms with van der Waals surface area (Å²) in [5, 5.41) is 4.07. The first-order chi connectivity index (χ1) is 12.9. The molecule has 0 aliphatic carbocycles. The lowest BCUT2D eigenvalue weighted by Gasteiger charge is -2.37.